The Morgan fingerprint density at radius 1 is 1.07 bits per heavy atom. The predicted octanol–water partition coefficient (Wildman–Crippen LogP) is 3.35. The molecule has 0 radical (unpaired) electrons. The maximum Gasteiger partial charge on any atom is 0.252 e. The van der Waals surface area contributed by atoms with Gasteiger partial charge in [0.15, 0.2) is 0 Å². The normalized spacial score (nSPS) is 13.2. The third-order valence-corrected chi connectivity index (χ3v) is 5.93. The van der Waals surface area contributed by atoms with E-state index < -0.39 is 0 Å². The highest BCUT2D eigenvalue weighted by molar-refractivity contribution is 8.00. The minimum absolute atomic E-state index is 0.129. The molecule has 29 heavy (non-hydrogen) atoms. The van der Waals surface area contributed by atoms with Gasteiger partial charge < -0.3 is 19.7 Å². The van der Waals surface area contributed by atoms with Crippen molar-refractivity contribution >= 4 is 23.6 Å². The summed E-state index contributed by atoms with van der Waals surface area (Å²) in [6, 6.07) is 12.8. The summed E-state index contributed by atoms with van der Waals surface area (Å²) in [5, 5.41) is 2.94. The molecule has 0 unspecified atom stereocenters. The van der Waals surface area contributed by atoms with Crippen molar-refractivity contribution in [1.82, 2.24) is 10.2 Å². The Bertz CT molecular complexity index is 866. The molecule has 1 saturated heterocycles. The van der Waals surface area contributed by atoms with E-state index in [1.807, 2.05) is 41.3 Å². The summed E-state index contributed by atoms with van der Waals surface area (Å²) >= 11 is 1.41. The molecule has 154 valence electrons. The van der Waals surface area contributed by atoms with Gasteiger partial charge in [0.2, 0.25) is 5.91 Å². The van der Waals surface area contributed by atoms with Gasteiger partial charge in [-0.25, -0.2) is 0 Å². The number of ether oxygens (including phenoxy) is 2. The van der Waals surface area contributed by atoms with Crippen LogP contribution in [0.1, 0.15) is 28.8 Å². The van der Waals surface area contributed by atoms with Crippen LogP contribution in [0.5, 0.6) is 11.5 Å². The van der Waals surface area contributed by atoms with Crippen molar-refractivity contribution in [2.75, 3.05) is 33.1 Å². The van der Waals surface area contributed by atoms with E-state index in [1.54, 1.807) is 20.3 Å². The zero-order valence-electron chi connectivity index (χ0n) is 16.8. The average Bonchev–Trinajstić information content (AvgIpc) is 3.31. The molecule has 7 heteroatoms. The number of benzene rings is 2. The fraction of sp³-hybridized carbons (Fsp3) is 0.364. The van der Waals surface area contributed by atoms with Crippen LogP contribution in [0.2, 0.25) is 0 Å². The highest BCUT2D eigenvalue weighted by Crippen LogP contribution is 2.26. The zero-order valence-corrected chi connectivity index (χ0v) is 17.6. The third-order valence-electron chi connectivity index (χ3n) is 4.87. The molecule has 3 rings (SSSR count). The number of nitrogens with zero attached hydrogens (tertiary/aromatic N) is 1. The number of nitrogens with one attached hydrogen (secondary N) is 1. The Hall–Kier alpha value is -2.67. The molecule has 1 aliphatic rings. The molecule has 0 aromatic heterocycles. The number of carbonyl (C=O) groups is 2. The molecule has 0 aliphatic carbocycles. The third kappa shape index (κ3) is 5.44. The lowest BCUT2D eigenvalue weighted by Crippen LogP contribution is -2.29. The monoisotopic (exact) mass is 414 g/mol. The van der Waals surface area contributed by atoms with Crippen LogP contribution in [-0.2, 0) is 11.3 Å². The van der Waals surface area contributed by atoms with E-state index in [4.69, 9.17) is 9.47 Å². The van der Waals surface area contributed by atoms with E-state index in [0.29, 0.717) is 29.4 Å². The molecular weight excluding hydrogens is 388 g/mol. The lowest BCUT2D eigenvalue weighted by atomic mass is 10.1. The molecule has 6 nitrogen and oxygen atoms in total. The summed E-state index contributed by atoms with van der Waals surface area (Å²) < 4.78 is 10.6. The van der Waals surface area contributed by atoms with Gasteiger partial charge in [-0.1, -0.05) is 12.1 Å². The minimum Gasteiger partial charge on any atom is -0.497 e. The lowest BCUT2D eigenvalue weighted by molar-refractivity contribution is -0.127. The maximum atomic E-state index is 12.8. The molecule has 1 heterocycles. The lowest BCUT2D eigenvalue weighted by Gasteiger charge is -2.16. The van der Waals surface area contributed by atoms with Crippen molar-refractivity contribution in [2.24, 2.45) is 0 Å². The molecule has 0 atom stereocenters. The summed E-state index contributed by atoms with van der Waals surface area (Å²) in [6.45, 7) is 1.98. The van der Waals surface area contributed by atoms with E-state index >= 15 is 0 Å². The number of amides is 2. The number of thioether (sulfide) groups is 1. The van der Waals surface area contributed by atoms with Crippen LogP contribution in [0.25, 0.3) is 0 Å². The van der Waals surface area contributed by atoms with Gasteiger partial charge in [-0.05, 0) is 43.2 Å². The SMILES string of the molecule is COc1ccc(OC)c(CNC(=O)c2ccccc2SCC(=O)N2CCCC2)c1. The number of hydrogen-bond donors (Lipinski definition) is 1. The van der Waals surface area contributed by atoms with Crippen molar-refractivity contribution in [3.63, 3.8) is 0 Å². The Labute approximate surface area is 175 Å². The second-order valence-electron chi connectivity index (χ2n) is 6.73. The van der Waals surface area contributed by atoms with E-state index in [2.05, 4.69) is 5.32 Å². The van der Waals surface area contributed by atoms with Crippen molar-refractivity contribution in [3.05, 3.63) is 53.6 Å². The minimum atomic E-state index is -0.188. The van der Waals surface area contributed by atoms with Crippen LogP contribution >= 0.6 is 11.8 Å². The van der Waals surface area contributed by atoms with Crippen LogP contribution in [0.3, 0.4) is 0 Å². The van der Waals surface area contributed by atoms with Crippen LogP contribution in [0.4, 0.5) is 0 Å². The Kier molecular flexibility index (Phi) is 7.41. The van der Waals surface area contributed by atoms with Gasteiger partial charge in [-0.2, -0.15) is 0 Å². The largest absolute Gasteiger partial charge is 0.497 e. The van der Waals surface area contributed by atoms with Crippen LogP contribution in [0.15, 0.2) is 47.4 Å². The quantitative estimate of drug-likeness (QED) is 0.671. The highest BCUT2D eigenvalue weighted by Gasteiger charge is 2.19. The number of methoxy groups -OCH3 is 2. The predicted molar refractivity (Wildman–Crippen MR) is 114 cm³/mol. The summed E-state index contributed by atoms with van der Waals surface area (Å²) in [7, 11) is 3.19. The summed E-state index contributed by atoms with van der Waals surface area (Å²) in [5.74, 6) is 1.67. The average molecular weight is 415 g/mol. The van der Waals surface area contributed by atoms with Gasteiger partial charge in [0, 0.05) is 30.1 Å². The number of hydrogen-bond acceptors (Lipinski definition) is 5. The molecule has 2 amide bonds. The molecule has 1 aliphatic heterocycles. The Morgan fingerprint density at radius 2 is 1.83 bits per heavy atom. The first-order valence-electron chi connectivity index (χ1n) is 9.61. The van der Waals surface area contributed by atoms with Gasteiger partial charge in [-0.15, -0.1) is 11.8 Å². The molecule has 0 saturated carbocycles. The maximum absolute atomic E-state index is 12.8. The number of likely N-dealkylation sites (tertiary alicyclic amines) is 1. The molecule has 1 fully saturated rings. The summed E-state index contributed by atoms with van der Waals surface area (Å²) in [5.41, 5.74) is 1.39. The molecule has 2 aromatic carbocycles. The van der Waals surface area contributed by atoms with Crippen LogP contribution in [-0.4, -0.2) is 49.8 Å². The van der Waals surface area contributed by atoms with E-state index in [-0.39, 0.29) is 11.8 Å². The fourth-order valence-corrected chi connectivity index (χ4v) is 4.22. The van der Waals surface area contributed by atoms with E-state index in [9.17, 15) is 9.59 Å². The van der Waals surface area contributed by atoms with Crippen molar-refractivity contribution in [2.45, 2.75) is 24.3 Å². The first-order valence-corrected chi connectivity index (χ1v) is 10.6. The van der Waals surface area contributed by atoms with E-state index in [0.717, 1.165) is 36.4 Å². The molecule has 0 spiro atoms. The Morgan fingerprint density at radius 3 is 2.55 bits per heavy atom. The van der Waals surface area contributed by atoms with E-state index in [1.165, 1.54) is 11.8 Å². The van der Waals surface area contributed by atoms with Crippen LogP contribution < -0.4 is 14.8 Å². The van der Waals surface area contributed by atoms with Gasteiger partial charge >= 0.3 is 0 Å². The topological polar surface area (TPSA) is 67.9 Å². The molecule has 1 N–H and O–H groups in total. The second kappa shape index (κ2) is 10.2. The van der Waals surface area contributed by atoms with Crippen molar-refractivity contribution in [1.29, 1.82) is 0 Å². The molecule has 2 aromatic rings. The summed E-state index contributed by atoms with van der Waals surface area (Å²) in [6.07, 6.45) is 2.15. The van der Waals surface area contributed by atoms with Gasteiger partial charge in [-0.3, -0.25) is 9.59 Å². The number of carbonyl (C=O) groups excluding carboxylic acids is 2. The Balaban J connectivity index is 1.64. The first kappa shape index (κ1) is 21.0. The van der Waals surface area contributed by atoms with Crippen LogP contribution in [0, 0.1) is 0 Å². The highest BCUT2D eigenvalue weighted by atomic mass is 32.2. The molecular formula is C22H26N2O4S. The van der Waals surface area contributed by atoms with Gasteiger partial charge in [0.05, 0.1) is 25.5 Å². The second-order valence-corrected chi connectivity index (χ2v) is 7.75. The molecule has 0 bridgehead atoms. The fourth-order valence-electron chi connectivity index (χ4n) is 3.27. The van der Waals surface area contributed by atoms with Gasteiger partial charge in [0.25, 0.3) is 5.91 Å². The summed E-state index contributed by atoms with van der Waals surface area (Å²) in [4.78, 5) is 27.8. The first-order chi connectivity index (χ1) is 14.1. The van der Waals surface area contributed by atoms with Gasteiger partial charge in [0.1, 0.15) is 11.5 Å². The smallest absolute Gasteiger partial charge is 0.252 e. The zero-order chi connectivity index (χ0) is 20.6. The number of rotatable bonds is 8. The standard InChI is InChI=1S/C22H26N2O4S/c1-27-17-9-10-19(28-2)16(13-17)14-23-22(26)18-7-3-4-8-20(18)29-15-21(25)24-11-5-6-12-24/h3-4,7-10,13H,5-6,11-12,14-15H2,1-2H3,(H,23,26). The van der Waals surface area contributed by atoms with Crippen molar-refractivity contribution in [3.8, 4) is 11.5 Å². The van der Waals surface area contributed by atoms with Crippen molar-refractivity contribution < 1.29 is 19.1 Å².